The maximum absolute atomic E-state index is 11.3. The van der Waals surface area contributed by atoms with E-state index >= 15 is 0 Å². The van der Waals surface area contributed by atoms with Crippen LogP contribution in [0, 0.1) is 5.92 Å². The number of carbonyl (C=O) groups excluding carboxylic acids is 1. The number of aliphatic hydroxyl groups excluding tert-OH is 2. The van der Waals surface area contributed by atoms with Crippen LogP contribution >= 0.6 is 0 Å². The van der Waals surface area contributed by atoms with Crippen LogP contribution in [0.3, 0.4) is 0 Å². The fraction of sp³-hybridized carbons (Fsp3) is 0.909. The van der Waals surface area contributed by atoms with Gasteiger partial charge in [0.1, 0.15) is 5.78 Å². The van der Waals surface area contributed by atoms with E-state index in [0.29, 0.717) is 12.8 Å². The quantitative estimate of drug-likeness (QED) is 0.658. The lowest BCUT2D eigenvalue weighted by Crippen LogP contribution is -2.22. The van der Waals surface area contributed by atoms with Gasteiger partial charge in [-0.05, 0) is 12.8 Å². The van der Waals surface area contributed by atoms with Crippen LogP contribution in [0.5, 0.6) is 0 Å². The summed E-state index contributed by atoms with van der Waals surface area (Å²) in [5, 5.41) is 18.9. The van der Waals surface area contributed by atoms with E-state index in [9.17, 15) is 15.0 Å². The summed E-state index contributed by atoms with van der Waals surface area (Å²) in [4.78, 5) is 11.3. The fourth-order valence-electron chi connectivity index (χ4n) is 1.32. The average Bonchev–Trinajstić information content (AvgIpc) is 2.03. The van der Waals surface area contributed by atoms with Gasteiger partial charge >= 0.3 is 0 Å². The minimum atomic E-state index is -0.688. The van der Waals surface area contributed by atoms with Crippen LogP contribution in [0.25, 0.3) is 0 Å². The molecule has 0 rings (SSSR count). The Bertz CT molecular complexity index is 166. The number of hydrogen-bond acceptors (Lipinski definition) is 3. The maximum Gasteiger partial charge on any atom is 0.137 e. The van der Waals surface area contributed by atoms with Crippen LogP contribution < -0.4 is 0 Å². The minimum Gasteiger partial charge on any atom is -0.393 e. The molecule has 0 aromatic heterocycles. The Kier molecular flexibility index (Phi) is 6.75. The summed E-state index contributed by atoms with van der Waals surface area (Å²) in [5.41, 5.74) is 0. The Hall–Kier alpha value is -0.410. The monoisotopic (exact) mass is 202 g/mol. The van der Waals surface area contributed by atoms with Crippen molar-refractivity contribution in [2.24, 2.45) is 5.92 Å². The number of Topliss-reactive ketones (excluding diaryl/α,β-unsaturated/α-hetero) is 1. The molecule has 0 aliphatic rings. The molecule has 14 heavy (non-hydrogen) atoms. The first-order valence-electron chi connectivity index (χ1n) is 5.36. The number of carbonyl (C=O) groups is 1. The van der Waals surface area contributed by atoms with Gasteiger partial charge in [0.2, 0.25) is 0 Å². The summed E-state index contributed by atoms with van der Waals surface area (Å²) in [7, 11) is 0. The smallest absolute Gasteiger partial charge is 0.137 e. The Labute approximate surface area is 86.1 Å². The van der Waals surface area contributed by atoms with Gasteiger partial charge in [0.05, 0.1) is 12.2 Å². The van der Waals surface area contributed by atoms with Crippen LogP contribution in [-0.4, -0.2) is 28.2 Å². The molecule has 0 fully saturated rings. The van der Waals surface area contributed by atoms with E-state index in [-0.39, 0.29) is 18.1 Å². The zero-order valence-electron chi connectivity index (χ0n) is 9.36. The molecule has 0 amide bonds. The molecule has 3 nitrogen and oxygen atoms in total. The average molecular weight is 202 g/mol. The lowest BCUT2D eigenvalue weighted by molar-refractivity contribution is -0.124. The van der Waals surface area contributed by atoms with Crippen LogP contribution in [0.1, 0.15) is 46.5 Å². The van der Waals surface area contributed by atoms with Gasteiger partial charge in [-0.15, -0.1) is 0 Å². The fourth-order valence-corrected chi connectivity index (χ4v) is 1.32. The van der Waals surface area contributed by atoms with Gasteiger partial charge in [-0.3, -0.25) is 4.79 Å². The van der Waals surface area contributed by atoms with Crippen LogP contribution in [0.15, 0.2) is 0 Å². The second kappa shape index (κ2) is 6.96. The van der Waals surface area contributed by atoms with E-state index in [1.165, 1.54) is 0 Å². The van der Waals surface area contributed by atoms with Gasteiger partial charge < -0.3 is 10.2 Å². The summed E-state index contributed by atoms with van der Waals surface area (Å²) < 4.78 is 0. The number of hydrogen-bond donors (Lipinski definition) is 2. The molecule has 0 saturated carbocycles. The molecular formula is C11H22O3. The molecule has 2 N–H and O–H groups in total. The van der Waals surface area contributed by atoms with Crippen molar-refractivity contribution >= 4 is 5.78 Å². The van der Waals surface area contributed by atoms with Gasteiger partial charge in [-0.2, -0.15) is 0 Å². The number of ketones is 1. The first-order chi connectivity index (χ1) is 6.47. The van der Waals surface area contributed by atoms with E-state index in [1.807, 2.05) is 20.8 Å². The highest BCUT2D eigenvalue weighted by Gasteiger charge is 2.16. The Morgan fingerprint density at radius 1 is 1.21 bits per heavy atom. The zero-order valence-corrected chi connectivity index (χ0v) is 9.36. The Morgan fingerprint density at radius 3 is 2.21 bits per heavy atom. The van der Waals surface area contributed by atoms with E-state index in [0.717, 1.165) is 6.42 Å². The summed E-state index contributed by atoms with van der Waals surface area (Å²) in [6.45, 7) is 5.62. The molecule has 0 spiro atoms. The highest BCUT2D eigenvalue weighted by atomic mass is 16.3. The Balaban J connectivity index is 3.74. The van der Waals surface area contributed by atoms with Crippen molar-refractivity contribution in [2.45, 2.75) is 58.7 Å². The van der Waals surface area contributed by atoms with E-state index in [4.69, 9.17) is 0 Å². The minimum absolute atomic E-state index is 0.0343. The van der Waals surface area contributed by atoms with Crippen molar-refractivity contribution in [3.05, 3.63) is 0 Å². The van der Waals surface area contributed by atoms with E-state index in [1.54, 1.807) is 0 Å². The molecule has 0 heterocycles. The second-order valence-electron chi connectivity index (χ2n) is 4.16. The number of rotatable bonds is 7. The predicted octanol–water partition coefficient (Wildman–Crippen LogP) is 1.51. The summed E-state index contributed by atoms with van der Waals surface area (Å²) in [5.74, 6) is 0.0224. The van der Waals surface area contributed by atoms with Gasteiger partial charge in [0.15, 0.2) is 0 Å². The Morgan fingerprint density at radius 2 is 1.79 bits per heavy atom. The largest absolute Gasteiger partial charge is 0.393 e. The highest BCUT2D eigenvalue weighted by molar-refractivity contribution is 5.80. The van der Waals surface area contributed by atoms with Crippen molar-refractivity contribution in [3.63, 3.8) is 0 Å². The van der Waals surface area contributed by atoms with Crippen molar-refractivity contribution in [1.82, 2.24) is 0 Å². The van der Waals surface area contributed by atoms with Crippen molar-refractivity contribution < 1.29 is 15.0 Å². The van der Waals surface area contributed by atoms with Crippen molar-refractivity contribution in [1.29, 1.82) is 0 Å². The standard InChI is InChI=1S/C11H22O3/c1-4-5-9(12)6-10(13)7-11(14)8(2)3/h8-10,12-13H,4-7H2,1-3H3. The normalized spacial score (nSPS) is 15.6. The summed E-state index contributed by atoms with van der Waals surface area (Å²) in [6.07, 6.45) is 0.894. The zero-order chi connectivity index (χ0) is 11.1. The summed E-state index contributed by atoms with van der Waals surface area (Å²) in [6, 6.07) is 0. The van der Waals surface area contributed by atoms with Crippen LogP contribution in [-0.2, 0) is 4.79 Å². The van der Waals surface area contributed by atoms with Gasteiger partial charge in [-0.25, -0.2) is 0 Å². The molecule has 0 aromatic carbocycles. The van der Waals surface area contributed by atoms with E-state index < -0.39 is 12.2 Å². The highest BCUT2D eigenvalue weighted by Crippen LogP contribution is 2.10. The molecule has 2 atom stereocenters. The van der Waals surface area contributed by atoms with Crippen molar-refractivity contribution in [3.8, 4) is 0 Å². The molecule has 0 aliphatic carbocycles. The molecular weight excluding hydrogens is 180 g/mol. The molecule has 0 saturated heterocycles. The molecule has 0 aliphatic heterocycles. The second-order valence-corrected chi connectivity index (χ2v) is 4.16. The van der Waals surface area contributed by atoms with Gasteiger partial charge in [0.25, 0.3) is 0 Å². The predicted molar refractivity (Wildman–Crippen MR) is 56.0 cm³/mol. The lowest BCUT2D eigenvalue weighted by Gasteiger charge is -2.15. The molecule has 84 valence electrons. The van der Waals surface area contributed by atoms with Crippen molar-refractivity contribution in [2.75, 3.05) is 0 Å². The molecule has 0 bridgehead atoms. The first-order valence-corrected chi connectivity index (χ1v) is 5.36. The van der Waals surface area contributed by atoms with Crippen LogP contribution in [0.4, 0.5) is 0 Å². The third-order valence-electron chi connectivity index (χ3n) is 2.25. The third kappa shape index (κ3) is 6.11. The first kappa shape index (κ1) is 13.6. The topological polar surface area (TPSA) is 57.5 Å². The molecule has 0 radical (unpaired) electrons. The van der Waals surface area contributed by atoms with E-state index in [2.05, 4.69) is 0 Å². The molecule has 2 unspecified atom stereocenters. The molecule has 3 heteroatoms. The number of aliphatic hydroxyl groups is 2. The van der Waals surface area contributed by atoms with Gasteiger partial charge in [-0.1, -0.05) is 27.2 Å². The molecule has 0 aromatic rings. The lowest BCUT2D eigenvalue weighted by atomic mass is 9.98. The third-order valence-corrected chi connectivity index (χ3v) is 2.25. The summed E-state index contributed by atoms with van der Waals surface area (Å²) >= 11 is 0. The van der Waals surface area contributed by atoms with Gasteiger partial charge in [0, 0.05) is 12.3 Å². The SMILES string of the molecule is CCCC(O)CC(O)CC(=O)C(C)C. The van der Waals surface area contributed by atoms with Crippen LogP contribution in [0.2, 0.25) is 0 Å². The maximum atomic E-state index is 11.3.